The molecular weight excluding hydrogens is 994 g/mol. The van der Waals surface area contributed by atoms with E-state index in [9.17, 15) is 28.8 Å². The second kappa shape index (κ2) is 24.7. The van der Waals surface area contributed by atoms with E-state index in [1.165, 1.54) is 68.8 Å². The number of rotatable bonds is 20. The van der Waals surface area contributed by atoms with Crippen LogP contribution in [0.1, 0.15) is 75.9 Å². The molecule has 16 nitrogen and oxygen atoms in total. The van der Waals surface area contributed by atoms with E-state index in [2.05, 4.69) is 41.7 Å². The lowest BCUT2D eigenvalue weighted by Crippen LogP contribution is -2.32. The van der Waals surface area contributed by atoms with Gasteiger partial charge in [-0.2, -0.15) is 20.5 Å². The third kappa shape index (κ3) is 13.9. The van der Waals surface area contributed by atoms with Crippen molar-refractivity contribution in [3.05, 3.63) is 129 Å². The van der Waals surface area contributed by atoms with Crippen LogP contribution >= 0.6 is 58.0 Å². The van der Waals surface area contributed by atoms with Crippen molar-refractivity contribution >= 4 is 127 Å². The van der Waals surface area contributed by atoms with E-state index in [0.29, 0.717) is 28.4 Å². The summed E-state index contributed by atoms with van der Waals surface area (Å²) in [7, 11) is 2.97. The summed E-state index contributed by atoms with van der Waals surface area (Å²) in [5, 5.41) is 26.0. The molecule has 0 aliphatic rings. The molecule has 0 aliphatic carbocycles. The lowest BCUT2D eigenvalue weighted by molar-refractivity contribution is -0.127. The van der Waals surface area contributed by atoms with E-state index in [4.69, 9.17) is 67.5 Å². The maximum Gasteiger partial charge on any atom is 0.258 e. The van der Waals surface area contributed by atoms with Gasteiger partial charge >= 0.3 is 0 Å². The first-order valence-corrected chi connectivity index (χ1v) is 23.0. The zero-order valence-electron chi connectivity index (χ0n) is 37.8. The molecule has 21 heteroatoms. The molecule has 4 unspecified atom stereocenters. The van der Waals surface area contributed by atoms with Crippen LogP contribution in [-0.4, -0.2) is 67.4 Å². The van der Waals surface area contributed by atoms with Gasteiger partial charge in [-0.1, -0.05) is 47.5 Å². The molecule has 0 bridgehead atoms. The number of nitrogens with one attached hydrogen (secondary N) is 4. The highest BCUT2D eigenvalue weighted by molar-refractivity contribution is 6.37. The molecule has 360 valence electrons. The average molecular weight is 1040 g/mol. The third-order valence-electron chi connectivity index (χ3n) is 10.1. The Hall–Kier alpha value is -6.43. The predicted octanol–water partition coefficient (Wildman–Crippen LogP) is 12.3. The standard InChI is InChI=1S/C48H45Cl5N8O8/c1-24(50)32-16-13-30(22-39(32)68-5)54-45(64)34-9-7-11-37(41(34)52)58-60-43(26(3)62)47(66)56-29-15-18-36(28(21-29)19-20-49)57-48(67)44(27(4)63)61-59-38-12-8-10-35(42(38)53)46(65)55-31-14-17-33(25(2)51)40(23-31)69-6/h7-18,21-25,43-44H,19-20H2,1-6H3,(H,54,64)(H,55,65)(H,56,66)(H,57,67). The Bertz CT molecular complexity index is 2840. The number of carbonyl (C=O) groups is 6. The number of hydrogen-bond donors (Lipinski definition) is 4. The number of aryl methyl sites for hydroxylation is 1. The number of amides is 4. The molecule has 69 heavy (non-hydrogen) atoms. The molecule has 4 amide bonds. The maximum atomic E-state index is 13.5. The fourth-order valence-corrected chi connectivity index (χ4v) is 7.63. The molecule has 0 aromatic heterocycles. The molecule has 0 saturated heterocycles. The minimum Gasteiger partial charge on any atom is -0.496 e. The molecule has 0 aliphatic heterocycles. The number of halogens is 5. The highest BCUT2D eigenvalue weighted by Gasteiger charge is 2.27. The Morgan fingerprint density at radius 1 is 0.580 bits per heavy atom. The Morgan fingerprint density at radius 3 is 1.41 bits per heavy atom. The van der Waals surface area contributed by atoms with Crippen LogP contribution in [0.5, 0.6) is 11.5 Å². The number of methoxy groups -OCH3 is 2. The summed E-state index contributed by atoms with van der Waals surface area (Å²) in [6.45, 7) is 5.89. The van der Waals surface area contributed by atoms with Gasteiger partial charge in [-0.15, -0.1) is 34.8 Å². The van der Waals surface area contributed by atoms with Crippen molar-refractivity contribution in [3.63, 3.8) is 0 Å². The Kier molecular flexibility index (Phi) is 19.2. The summed E-state index contributed by atoms with van der Waals surface area (Å²) >= 11 is 31.7. The first-order valence-electron chi connectivity index (χ1n) is 20.8. The van der Waals surface area contributed by atoms with Crippen molar-refractivity contribution in [1.29, 1.82) is 0 Å². The van der Waals surface area contributed by atoms with Crippen LogP contribution in [-0.2, 0) is 25.6 Å². The summed E-state index contributed by atoms with van der Waals surface area (Å²) in [6.07, 6.45) is 0.199. The first-order chi connectivity index (χ1) is 32.9. The highest BCUT2D eigenvalue weighted by Crippen LogP contribution is 2.35. The van der Waals surface area contributed by atoms with Crippen molar-refractivity contribution in [2.75, 3.05) is 41.4 Å². The molecule has 4 atom stereocenters. The molecule has 4 N–H and O–H groups in total. The number of anilines is 4. The van der Waals surface area contributed by atoms with Crippen LogP contribution in [0.2, 0.25) is 10.0 Å². The molecular formula is C48H45Cl5N8O8. The van der Waals surface area contributed by atoms with Crippen LogP contribution in [0.4, 0.5) is 34.1 Å². The van der Waals surface area contributed by atoms with Crippen LogP contribution < -0.4 is 30.7 Å². The molecule has 0 heterocycles. The largest absolute Gasteiger partial charge is 0.496 e. The van der Waals surface area contributed by atoms with E-state index < -0.39 is 47.3 Å². The average Bonchev–Trinajstić information content (AvgIpc) is 3.30. The number of carbonyl (C=O) groups excluding carboxylic acids is 6. The molecule has 0 spiro atoms. The van der Waals surface area contributed by atoms with Gasteiger partial charge in [0.2, 0.25) is 12.1 Å². The SMILES string of the molecule is COc1cc(NC(=O)c2cccc(N=NC(C(C)=O)C(=O)Nc3ccc(NC(=O)C(N=Nc4cccc(C(=O)Nc5ccc(C(C)Cl)c(OC)c5)c4Cl)C(C)=O)c(CCCl)c3)c2Cl)ccc1C(C)Cl. The van der Waals surface area contributed by atoms with E-state index in [0.717, 1.165) is 25.0 Å². The van der Waals surface area contributed by atoms with Gasteiger partial charge in [0.1, 0.15) is 22.9 Å². The number of alkyl halides is 3. The Labute approximate surface area is 422 Å². The first kappa shape index (κ1) is 53.5. The summed E-state index contributed by atoms with van der Waals surface area (Å²) in [6, 6.07) is 20.1. The van der Waals surface area contributed by atoms with Gasteiger partial charge in [-0.25, -0.2) is 0 Å². The molecule has 5 aromatic carbocycles. The predicted molar refractivity (Wildman–Crippen MR) is 269 cm³/mol. The number of azo groups is 2. The van der Waals surface area contributed by atoms with Gasteiger partial charge in [0.25, 0.3) is 23.6 Å². The van der Waals surface area contributed by atoms with E-state index in [1.807, 2.05) is 0 Å². The van der Waals surface area contributed by atoms with Crippen molar-refractivity contribution < 1.29 is 38.2 Å². The molecule has 0 radical (unpaired) electrons. The zero-order chi connectivity index (χ0) is 50.5. The molecule has 5 aromatic rings. The van der Waals surface area contributed by atoms with Crippen LogP contribution in [0.25, 0.3) is 0 Å². The minimum atomic E-state index is -1.64. The second-order valence-electron chi connectivity index (χ2n) is 15.1. The quantitative estimate of drug-likeness (QED) is 0.0333. The van der Waals surface area contributed by atoms with Crippen LogP contribution in [0.15, 0.2) is 111 Å². The number of ketones is 2. The number of hydrogen-bond acceptors (Lipinski definition) is 12. The number of ether oxygens (including phenoxy) is 2. The number of benzene rings is 5. The summed E-state index contributed by atoms with van der Waals surface area (Å²) in [4.78, 5) is 78.9. The summed E-state index contributed by atoms with van der Waals surface area (Å²) in [5.74, 6) is -3.09. The van der Waals surface area contributed by atoms with Gasteiger partial charge in [0.15, 0.2) is 11.6 Å². The van der Waals surface area contributed by atoms with E-state index in [1.54, 1.807) is 50.2 Å². The van der Waals surface area contributed by atoms with Crippen LogP contribution in [0, 0.1) is 0 Å². The van der Waals surface area contributed by atoms with Gasteiger partial charge in [-0.3, -0.25) is 28.8 Å². The fraction of sp³-hybridized carbons (Fsp3) is 0.250. The Morgan fingerprint density at radius 2 is 1.00 bits per heavy atom. The number of Topliss-reactive ketones (excluding diaryl/α,β-unsaturated/α-hetero) is 2. The minimum absolute atomic E-state index is 0.0138. The van der Waals surface area contributed by atoms with Crippen molar-refractivity contribution in [2.45, 2.75) is 57.0 Å². The van der Waals surface area contributed by atoms with E-state index >= 15 is 0 Å². The number of nitrogens with zero attached hydrogens (tertiary/aromatic N) is 4. The van der Waals surface area contributed by atoms with Gasteiger partial charge in [-0.05, 0) is 94.3 Å². The van der Waals surface area contributed by atoms with Crippen molar-refractivity contribution in [3.8, 4) is 11.5 Å². The Balaban J connectivity index is 1.27. The lowest BCUT2D eigenvalue weighted by atomic mass is 10.1. The monoisotopic (exact) mass is 1040 g/mol. The summed E-state index contributed by atoms with van der Waals surface area (Å²) in [5.41, 5.74) is 3.32. The topological polar surface area (TPSA) is 218 Å². The van der Waals surface area contributed by atoms with Crippen molar-refractivity contribution in [2.24, 2.45) is 20.5 Å². The molecule has 0 saturated carbocycles. The van der Waals surface area contributed by atoms with Gasteiger partial charge in [0.05, 0.1) is 46.1 Å². The normalized spacial score (nSPS) is 13.0. The summed E-state index contributed by atoms with van der Waals surface area (Å²) < 4.78 is 10.8. The third-order valence-corrected chi connectivity index (χ3v) is 11.6. The smallest absolute Gasteiger partial charge is 0.258 e. The van der Waals surface area contributed by atoms with Crippen molar-refractivity contribution in [1.82, 2.24) is 0 Å². The van der Waals surface area contributed by atoms with E-state index in [-0.39, 0.29) is 67.0 Å². The zero-order valence-corrected chi connectivity index (χ0v) is 41.6. The lowest BCUT2D eigenvalue weighted by Gasteiger charge is -2.16. The van der Waals surface area contributed by atoms with Crippen LogP contribution in [0.3, 0.4) is 0 Å². The second-order valence-corrected chi connectivity index (χ2v) is 17.5. The maximum absolute atomic E-state index is 13.5. The van der Waals surface area contributed by atoms with Gasteiger partial charge < -0.3 is 30.7 Å². The van der Waals surface area contributed by atoms with Gasteiger partial charge in [0, 0.05) is 51.9 Å². The molecule has 5 rings (SSSR count). The highest BCUT2D eigenvalue weighted by atomic mass is 35.5. The fourth-order valence-electron chi connectivity index (χ4n) is 6.57. The molecule has 0 fully saturated rings.